The molecule has 326 valence electrons. The molecule has 0 spiro atoms. The van der Waals surface area contributed by atoms with Crippen molar-refractivity contribution in [2.75, 3.05) is 11.0 Å². The Hall–Kier alpha value is -6.35. The number of carbonyl (C=O) groups is 1. The second kappa shape index (κ2) is 14.9. The zero-order chi connectivity index (χ0) is 45.0. The minimum absolute atomic E-state index is 0.000416. The summed E-state index contributed by atoms with van der Waals surface area (Å²) in [6.07, 6.45) is -2.99. The predicted octanol–water partition coefficient (Wildman–Crippen LogP) is 7.96. The molecule has 12 nitrogen and oxygen atoms in total. The normalized spacial score (nSPS) is 17.0. The number of benzene rings is 4. The quantitative estimate of drug-likeness (QED) is 0.125. The van der Waals surface area contributed by atoms with E-state index in [2.05, 4.69) is 20.2 Å². The highest BCUT2D eigenvalue weighted by molar-refractivity contribution is 7.92. The Morgan fingerprint density at radius 1 is 0.984 bits per heavy atom. The van der Waals surface area contributed by atoms with E-state index in [1.54, 1.807) is 0 Å². The first-order valence-electron chi connectivity index (χ1n) is 18.9. The van der Waals surface area contributed by atoms with E-state index in [0.717, 1.165) is 41.2 Å². The average Bonchev–Trinajstić information content (AvgIpc) is 3.73. The first-order valence-corrected chi connectivity index (χ1v) is 21.1. The van der Waals surface area contributed by atoms with E-state index in [-0.39, 0.29) is 61.4 Å². The standard InChI is InChI=1S/C41H29ClF8N8O4S/c1-56-35-29(9-8-24(42)33(35)38(54-56)55-63(2,61)62)58-39(52-27-13-18(6-7-21(27)40(58)60)31-25(45)4-3-5-26(31)46)28(12-17-10-19(43)14-20(44)11-17)51-30(59)16-57-36-32(34(53-57)37(47)48)22-15-23(22)41(36,49)50/h3-11,13-14,22-23,28,37H,12,15-16H2,1-2H3,(H,51,59)(H,54,55)/t22-,23+,28-/m0/s1. The molecule has 1 saturated carbocycles. The molecule has 2 aliphatic rings. The molecule has 1 amide bonds. The van der Waals surface area contributed by atoms with Crippen molar-refractivity contribution in [1.82, 2.24) is 34.4 Å². The first kappa shape index (κ1) is 42.0. The molecule has 3 heterocycles. The molecular formula is C41H29ClF8N8O4S. The second-order valence-electron chi connectivity index (χ2n) is 15.4. The van der Waals surface area contributed by atoms with Crippen LogP contribution in [0.3, 0.4) is 0 Å². The third kappa shape index (κ3) is 7.25. The molecule has 0 aliphatic heterocycles. The monoisotopic (exact) mass is 916 g/mol. The molecule has 2 aliphatic carbocycles. The largest absolute Gasteiger partial charge is 0.344 e. The van der Waals surface area contributed by atoms with Crippen molar-refractivity contribution < 1.29 is 48.3 Å². The Balaban J connectivity index is 1.27. The minimum atomic E-state index is -3.96. The molecule has 1 fully saturated rings. The molecule has 0 unspecified atom stereocenters. The van der Waals surface area contributed by atoms with E-state index in [4.69, 9.17) is 16.6 Å². The third-order valence-corrected chi connectivity index (χ3v) is 11.9. The van der Waals surface area contributed by atoms with Gasteiger partial charge in [0.05, 0.1) is 50.4 Å². The fourth-order valence-electron chi connectivity index (χ4n) is 8.51. The summed E-state index contributed by atoms with van der Waals surface area (Å²) in [4.78, 5) is 33.8. The minimum Gasteiger partial charge on any atom is -0.344 e. The van der Waals surface area contributed by atoms with Gasteiger partial charge in [-0.3, -0.25) is 28.2 Å². The molecule has 63 heavy (non-hydrogen) atoms. The Labute approximate surface area is 355 Å². The summed E-state index contributed by atoms with van der Waals surface area (Å²) >= 11 is 6.59. The number of anilines is 1. The summed E-state index contributed by atoms with van der Waals surface area (Å²) < 4.78 is 149. The van der Waals surface area contributed by atoms with E-state index in [0.29, 0.717) is 10.7 Å². The molecular weight excluding hydrogens is 888 g/mol. The van der Waals surface area contributed by atoms with Crippen molar-refractivity contribution in [2.24, 2.45) is 13.0 Å². The molecule has 0 saturated heterocycles. The lowest BCUT2D eigenvalue weighted by molar-refractivity contribution is -0.123. The van der Waals surface area contributed by atoms with E-state index >= 15 is 17.6 Å². The number of amides is 1. The number of rotatable bonds is 11. The zero-order valence-electron chi connectivity index (χ0n) is 32.4. The summed E-state index contributed by atoms with van der Waals surface area (Å²) in [7, 11) is -2.56. The average molecular weight is 917 g/mol. The smallest absolute Gasteiger partial charge is 0.293 e. The van der Waals surface area contributed by atoms with Crippen LogP contribution < -0.4 is 15.6 Å². The van der Waals surface area contributed by atoms with Crippen LogP contribution in [0.15, 0.2) is 71.5 Å². The zero-order valence-corrected chi connectivity index (χ0v) is 34.0. The van der Waals surface area contributed by atoms with Crippen molar-refractivity contribution in [3.63, 3.8) is 0 Å². The Bertz CT molecular complexity index is 3230. The summed E-state index contributed by atoms with van der Waals surface area (Å²) in [5.74, 6) is -11.5. The van der Waals surface area contributed by atoms with Crippen LogP contribution in [-0.2, 0) is 40.8 Å². The van der Waals surface area contributed by atoms with E-state index in [1.807, 2.05) is 0 Å². The van der Waals surface area contributed by atoms with Crippen LogP contribution in [-0.4, -0.2) is 49.7 Å². The number of aryl methyl sites for hydroxylation is 1. The van der Waals surface area contributed by atoms with E-state index < -0.39 is 111 Å². The maximum Gasteiger partial charge on any atom is 0.293 e. The molecule has 3 aromatic heterocycles. The van der Waals surface area contributed by atoms with Gasteiger partial charge in [-0.05, 0) is 72.0 Å². The highest BCUT2D eigenvalue weighted by atomic mass is 35.5. The topological polar surface area (TPSA) is 146 Å². The second-order valence-corrected chi connectivity index (χ2v) is 17.5. The summed E-state index contributed by atoms with van der Waals surface area (Å²) in [5.41, 5.74) is -3.88. The number of hydrogen-bond acceptors (Lipinski definition) is 7. The van der Waals surface area contributed by atoms with Gasteiger partial charge in [0.15, 0.2) is 5.82 Å². The highest BCUT2D eigenvalue weighted by Crippen LogP contribution is 2.68. The Kier molecular flexibility index (Phi) is 9.92. The molecule has 7 aromatic rings. The first-order chi connectivity index (χ1) is 29.7. The number of hydrogen-bond donors (Lipinski definition) is 2. The van der Waals surface area contributed by atoms with Gasteiger partial charge >= 0.3 is 0 Å². The maximum absolute atomic E-state index is 15.5. The summed E-state index contributed by atoms with van der Waals surface area (Å²) in [6.45, 7) is -1.06. The molecule has 9 rings (SSSR count). The lowest BCUT2D eigenvalue weighted by atomic mass is 10.0. The molecule has 3 atom stereocenters. The van der Waals surface area contributed by atoms with E-state index in [1.165, 1.54) is 42.1 Å². The van der Waals surface area contributed by atoms with Gasteiger partial charge in [0.2, 0.25) is 15.9 Å². The maximum atomic E-state index is 15.5. The third-order valence-electron chi connectivity index (χ3n) is 11.1. The van der Waals surface area contributed by atoms with Crippen LogP contribution >= 0.6 is 11.6 Å². The van der Waals surface area contributed by atoms with Crippen LogP contribution in [0.4, 0.5) is 40.9 Å². The molecule has 2 N–H and O–H groups in total. The van der Waals surface area contributed by atoms with Gasteiger partial charge in [-0.25, -0.2) is 39.7 Å². The van der Waals surface area contributed by atoms with Crippen molar-refractivity contribution in [3.8, 4) is 16.8 Å². The van der Waals surface area contributed by atoms with Crippen LogP contribution in [0.5, 0.6) is 0 Å². The fourth-order valence-corrected chi connectivity index (χ4v) is 9.25. The molecule has 4 aromatic carbocycles. The lowest BCUT2D eigenvalue weighted by Gasteiger charge is -2.24. The Morgan fingerprint density at radius 2 is 1.68 bits per heavy atom. The number of nitrogens with zero attached hydrogens (tertiary/aromatic N) is 6. The molecule has 0 radical (unpaired) electrons. The van der Waals surface area contributed by atoms with Crippen molar-refractivity contribution >= 4 is 55.2 Å². The molecule has 0 bridgehead atoms. The molecule has 22 heteroatoms. The van der Waals surface area contributed by atoms with Gasteiger partial charge in [-0.1, -0.05) is 23.7 Å². The van der Waals surface area contributed by atoms with Crippen molar-refractivity contribution in [1.29, 1.82) is 0 Å². The number of carbonyl (C=O) groups excluding carboxylic acids is 1. The highest BCUT2D eigenvalue weighted by Gasteiger charge is 2.67. The van der Waals surface area contributed by atoms with Gasteiger partial charge in [0, 0.05) is 31.0 Å². The van der Waals surface area contributed by atoms with Gasteiger partial charge in [-0.2, -0.15) is 19.0 Å². The number of fused-ring (bicyclic) bond motifs is 5. The summed E-state index contributed by atoms with van der Waals surface area (Å²) in [5, 5.41) is 10.3. The van der Waals surface area contributed by atoms with Crippen LogP contribution in [0.1, 0.15) is 53.1 Å². The number of aromatic nitrogens is 6. The van der Waals surface area contributed by atoms with Gasteiger partial charge in [-0.15, -0.1) is 0 Å². The Morgan fingerprint density at radius 3 is 2.35 bits per heavy atom. The van der Waals surface area contributed by atoms with E-state index in [9.17, 15) is 35.6 Å². The van der Waals surface area contributed by atoms with Crippen molar-refractivity contribution in [3.05, 3.63) is 134 Å². The van der Waals surface area contributed by atoms with Gasteiger partial charge in [0.25, 0.3) is 17.9 Å². The van der Waals surface area contributed by atoms with Crippen LogP contribution in [0, 0.1) is 29.2 Å². The van der Waals surface area contributed by atoms with Gasteiger partial charge in [0.1, 0.15) is 47.0 Å². The number of nitrogens with one attached hydrogen (secondary N) is 2. The summed E-state index contributed by atoms with van der Waals surface area (Å²) in [6, 6.07) is 10.2. The number of alkyl halides is 4. The van der Waals surface area contributed by atoms with Crippen LogP contribution in [0.2, 0.25) is 5.02 Å². The van der Waals surface area contributed by atoms with Crippen LogP contribution in [0.25, 0.3) is 38.6 Å². The van der Waals surface area contributed by atoms with Gasteiger partial charge < -0.3 is 5.32 Å². The lowest BCUT2D eigenvalue weighted by Crippen LogP contribution is -2.38. The predicted molar refractivity (Wildman–Crippen MR) is 213 cm³/mol. The SMILES string of the molecule is Cn1nc(NS(C)(=O)=O)c2c(Cl)ccc(-n3c([C@H](Cc4cc(F)cc(F)c4)NC(=O)Cn4nc(C(F)F)c5c4C(F)(F)[C@@H]4C[C@H]54)nc4cc(-c5c(F)cccc5F)ccc4c3=O)c21. The van der Waals surface area contributed by atoms with Crippen molar-refractivity contribution in [2.45, 2.75) is 43.7 Å². The number of halogens is 9. The number of sulfonamides is 1. The fraction of sp³-hybridized carbons (Fsp3) is 0.244.